The van der Waals surface area contributed by atoms with Crippen LogP contribution in [-0.2, 0) is 18.2 Å². The molecule has 2 heterocycles. The minimum absolute atomic E-state index is 0.0868. The molecule has 0 spiro atoms. The summed E-state index contributed by atoms with van der Waals surface area (Å²) in [7, 11) is 1.50. The van der Waals surface area contributed by atoms with Crippen LogP contribution in [0.5, 0.6) is 5.75 Å². The molecule has 134 valence electrons. The van der Waals surface area contributed by atoms with Crippen LogP contribution < -0.4 is 5.56 Å². The lowest BCUT2D eigenvalue weighted by Gasteiger charge is -2.12. The Kier molecular flexibility index (Phi) is 4.71. The van der Waals surface area contributed by atoms with Gasteiger partial charge in [0.25, 0.3) is 5.56 Å². The third-order valence-electron chi connectivity index (χ3n) is 4.07. The summed E-state index contributed by atoms with van der Waals surface area (Å²) in [6.45, 7) is 1.70. The zero-order valence-corrected chi connectivity index (χ0v) is 14.3. The van der Waals surface area contributed by atoms with Crippen LogP contribution in [0.1, 0.15) is 28.4 Å². The highest BCUT2D eigenvalue weighted by Crippen LogP contribution is 2.26. The number of esters is 1. The fourth-order valence-corrected chi connectivity index (χ4v) is 2.75. The minimum atomic E-state index is -0.885. The highest BCUT2D eigenvalue weighted by Gasteiger charge is 2.23. The van der Waals surface area contributed by atoms with Gasteiger partial charge in [0.1, 0.15) is 11.3 Å². The molecule has 0 atom stereocenters. The maximum absolute atomic E-state index is 13.0. The summed E-state index contributed by atoms with van der Waals surface area (Å²) in [5.41, 5.74) is 1.10. The number of nitrogens with zero attached hydrogens (tertiary/aromatic N) is 2. The van der Waals surface area contributed by atoms with E-state index >= 15 is 0 Å². The maximum Gasteiger partial charge on any atom is 0.347 e. The summed E-state index contributed by atoms with van der Waals surface area (Å²) in [5.74, 6) is -1.69. The largest absolute Gasteiger partial charge is 0.505 e. The minimum Gasteiger partial charge on any atom is -0.505 e. The smallest absolute Gasteiger partial charge is 0.347 e. The van der Waals surface area contributed by atoms with Crippen molar-refractivity contribution in [3.63, 3.8) is 0 Å². The standard InChI is InChI=1S/C19H17FN2O4/c1-3-26-19(25)15-17(23)16-14(22(2)18(15)24)9-12(10-21-16)8-11-4-6-13(20)7-5-11/h4-7,9-10,23H,3,8H2,1-2H3. The van der Waals surface area contributed by atoms with E-state index < -0.39 is 22.8 Å². The van der Waals surface area contributed by atoms with Crippen molar-refractivity contribution in [3.8, 4) is 5.75 Å². The molecule has 0 aliphatic rings. The second-order valence-electron chi connectivity index (χ2n) is 5.82. The average molecular weight is 356 g/mol. The van der Waals surface area contributed by atoms with E-state index in [0.29, 0.717) is 11.9 Å². The predicted octanol–water partition coefficient (Wildman–Crippen LogP) is 2.55. The number of aromatic nitrogens is 2. The van der Waals surface area contributed by atoms with E-state index in [2.05, 4.69) is 4.98 Å². The molecule has 0 aliphatic carbocycles. The Hall–Kier alpha value is -3.22. The summed E-state index contributed by atoms with van der Waals surface area (Å²) in [6.07, 6.45) is 2.03. The number of hydrogen-bond acceptors (Lipinski definition) is 5. The number of halogens is 1. The van der Waals surface area contributed by atoms with Crippen molar-refractivity contribution in [3.05, 3.63) is 69.4 Å². The van der Waals surface area contributed by atoms with Gasteiger partial charge in [0, 0.05) is 13.2 Å². The number of carbonyl (C=O) groups excluding carboxylic acids is 1. The Labute approximate surface area is 148 Å². The predicted molar refractivity (Wildman–Crippen MR) is 93.8 cm³/mol. The van der Waals surface area contributed by atoms with Gasteiger partial charge < -0.3 is 14.4 Å². The zero-order valence-electron chi connectivity index (χ0n) is 14.3. The number of pyridine rings is 2. The van der Waals surface area contributed by atoms with Gasteiger partial charge in [-0.2, -0.15) is 0 Å². The number of rotatable bonds is 4. The highest BCUT2D eigenvalue weighted by molar-refractivity contribution is 5.98. The fourth-order valence-electron chi connectivity index (χ4n) is 2.75. The second kappa shape index (κ2) is 6.95. The first-order valence-electron chi connectivity index (χ1n) is 8.04. The summed E-state index contributed by atoms with van der Waals surface area (Å²) in [6, 6.07) is 7.79. The lowest BCUT2D eigenvalue weighted by molar-refractivity contribution is 0.0520. The summed E-state index contributed by atoms with van der Waals surface area (Å²) < 4.78 is 19.1. The number of ether oxygens (including phenoxy) is 1. The molecule has 0 aliphatic heterocycles. The third-order valence-corrected chi connectivity index (χ3v) is 4.07. The molecule has 3 aromatic rings. The van der Waals surface area contributed by atoms with Crippen molar-refractivity contribution in [2.24, 2.45) is 7.05 Å². The molecule has 2 aromatic heterocycles. The maximum atomic E-state index is 13.0. The molecule has 0 unspecified atom stereocenters. The quantitative estimate of drug-likeness (QED) is 0.727. The van der Waals surface area contributed by atoms with Gasteiger partial charge in [0.2, 0.25) is 0 Å². The molecule has 0 radical (unpaired) electrons. The average Bonchev–Trinajstić information content (AvgIpc) is 2.62. The first-order chi connectivity index (χ1) is 12.4. The lowest BCUT2D eigenvalue weighted by Crippen LogP contribution is -2.26. The van der Waals surface area contributed by atoms with E-state index in [0.717, 1.165) is 11.1 Å². The van der Waals surface area contributed by atoms with E-state index in [1.165, 1.54) is 23.7 Å². The Morgan fingerprint density at radius 2 is 1.96 bits per heavy atom. The van der Waals surface area contributed by atoms with Gasteiger partial charge >= 0.3 is 5.97 Å². The summed E-state index contributed by atoms with van der Waals surface area (Å²) in [4.78, 5) is 28.6. The van der Waals surface area contributed by atoms with Crippen LogP contribution in [0.2, 0.25) is 0 Å². The topological polar surface area (TPSA) is 81.4 Å². The van der Waals surface area contributed by atoms with Crippen LogP contribution in [0.25, 0.3) is 11.0 Å². The first kappa shape index (κ1) is 17.6. The second-order valence-corrected chi connectivity index (χ2v) is 5.82. The Bertz CT molecular complexity index is 1040. The van der Waals surface area contributed by atoms with Gasteiger partial charge in [-0.3, -0.25) is 9.78 Å². The van der Waals surface area contributed by atoms with E-state index in [4.69, 9.17) is 4.74 Å². The molecule has 1 aromatic carbocycles. The SMILES string of the molecule is CCOC(=O)c1c(O)c2ncc(Cc3ccc(F)cc3)cc2n(C)c1=O. The molecular formula is C19H17FN2O4. The van der Waals surface area contributed by atoms with Gasteiger partial charge in [-0.25, -0.2) is 9.18 Å². The Morgan fingerprint density at radius 1 is 1.27 bits per heavy atom. The van der Waals surface area contributed by atoms with Gasteiger partial charge in [-0.1, -0.05) is 12.1 Å². The van der Waals surface area contributed by atoms with Crippen molar-refractivity contribution in [2.75, 3.05) is 6.61 Å². The van der Waals surface area contributed by atoms with E-state index in [-0.39, 0.29) is 17.9 Å². The van der Waals surface area contributed by atoms with Crippen LogP contribution >= 0.6 is 0 Å². The van der Waals surface area contributed by atoms with Crippen molar-refractivity contribution < 1.29 is 19.0 Å². The zero-order chi connectivity index (χ0) is 18.8. The highest BCUT2D eigenvalue weighted by atomic mass is 19.1. The number of aromatic hydroxyl groups is 1. The van der Waals surface area contributed by atoms with E-state index in [1.807, 2.05) is 0 Å². The number of aryl methyl sites for hydroxylation is 1. The molecule has 0 saturated heterocycles. The molecule has 0 saturated carbocycles. The monoisotopic (exact) mass is 356 g/mol. The molecule has 0 fully saturated rings. The lowest BCUT2D eigenvalue weighted by atomic mass is 10.1. The Balaban J connectivity index is 2.09. The van der Waals surface area contributed by atoms with E-state index in [1.54, 1.807) is 31.3 Å². The molecule has 0 bridgehead atoms. The van der Waals surface area contributed by atoms with Gasteiger partial charge in [-0.05, 0) is 42.7 Å². The number of carbonyl (C=O) groups is 1. The molecule has 1 N–H and O–H groups in total. The molecule has 3 rings (SSSR count). The fraction of sp³-hybridized carbons (Fsp3) is 0.211. The van der Waals surface area contributed by atoms with Crippen LogP contribution in [0.4, 0.5) is 4.39 Å². The van der Waals surface area contributed by atoms with Gasteiger partial charge in [0.05, 0.1) is 12.1 Å². The molecule has 7 heteroatoms. The van der Waals surface area contributed by atoms with Crippen molar-refractivity contribution in [1.82, 2.24) is 9.55 Å². The molecular weight excluding hydrogens is 339 g/mol. The Morgan fingerprint density at radius 3 is 2.62 bits per heavy atom. The van der Waals surface area contributed by atoms with Crippen LogP contribution in [0, 0.1) is 5.82 Å². The number of fused-ring (bicyclic) bond motifs is 1. The van der Waals surface area contributed by atoms with Crippen molar-refractivity contribution in [2.45, 2.75) is 13.3 Å². The van der Waals surface area contributed by atoms with Crippen LogP contribution in [-0.4, -0.2) is 27.2 Å². The van der Waals surface area contributed by atoms with Gasteiger partial charge in [0.15, 0.2) is 11.3 Å². The normalized spacial score (nSPS) is 10.9. The van der Waals surface area contributed by atoms with E-state index in [9.17, 15) is 19.1 Å². The molecule has 0 amide bonds. The molecule has 26 heavy (non-hydrogen) atoms. The summed E-state index contributed by atoms with van der Waals surface area (Å²) in [5, 5.41) is 10.3. The third kappa shape index (κ3) is 3.15. The first-order valence-corrected chi connectivity index (χ1v) is 8.04. The van der Waals surface area contributed by atoms with Crippen molar-refractivity contribution in [1.29, 1.82) is 0 Å². The van der Waals surface area contributed by atoms with Crippen LogP contribution in [0.15, 0.2) is 41.3 Å². The van der Waals surface area contributed by atoms with Gasteiger partial charge in [-0.15, -0.1) is 0 Å². The molecule has 6 nitrogen and oxygen atoms in total. The van der Waals surface area contributed by atoms with Crippen LogP contribution in [0.3, 0.4) is 0 Å². The summed E-state index contributed by atoms with van der Waals surface area (Å²) >= 11 is 0. The van der Waals surface area contributed by atoms with Crippen molar-refractivity contribution >= 4 is 17.0 Å². The number of benzene rings is 1. The number of hydrogen-bond donors (Lipinski definition) is 1.